The maximum Gasteiger partial charge on any atom is 0.263 e. The summed E-state index contributed by atoms with van der Waals surface area (Å²) in [5.41, 5.74) is 0.378. The largest absolute Gasteiger partial charge is 0.379 e. The first-order valence-electron chi connectivity index (χ1n) is 7.59. The molecule has 0 aromatic carbocycles. The van der Waals surface area contributed by atoms with Crippen LogP contribution in [0.5, 0.6) is 0 Å². The molecule has 118 valence electrons. The standard InChI is InChI=1S/C15H21N5O2/c1-3-8-20-13-10(9-16-20)14(21)19-15(18-13)17-11-6-4-5-7-12(11)22-2/h3,9,11-12H,1,4-8H2,2H3,(H2,17,18,19,21)/t11-,12-/m1/s1. The van der Waals surface area contributed by atoms with Crippen molar-refractivity contribution in [3.63, 3.8) is 0 Å². The Balaban J connectivity index is 1.91. The summed E-state index contributed by atoms with van der Waals surface area (Å²) < 4.78 is 7.19. The van der Waals surface area contributed by atoms with E-state index >= 15 is 0 Å². The third kappa shape index (κ3) is 2.76. The van der Waals surface area contributed by atoms with E-state index in [2.05, 4.69) is 27.0 Å². The Labute approximate surface area is 128 Å². The van der Waals surface area contributed by atoms with Gasteiger partial charge in [0, 0.05) is 7.11 Å². The van der Waals surface area contributed by atoms with E-state index in [0.29, 0.717) is 23.5 Å². The molecule has 2 aromatic heterocycles. The molecule has 2 N–H and O–H groups in total. The van der Waals surface area contributed by atoms with Crippen molar-refractivity contribution in [2.24, 2.45) is 0 Å². The van der Waals surface area contributed by atoms with Crippen molar-refractivity contribution in [3.05, 3.63) is 29.2 Å². The van der Waals surface area contributed by atoms with Crippen molar-refractivity contribution in [1.29, 1.82) is 0 Å². The highest BCUT2D eigenvalue weighted by Crippen LogP contribution is 2.23. The van der Waals surface area contributed by atoms with Crippen molar-refractivity contribution >= 4 is 17.0 Å². The van der Waals surface area contributed by atoms with Gasteiger partial charge in [-0.25, -0.2) is 4.68 Å². The van der Waals surface area contributed by atoms with E-state index in [0.717, 1.165) is 19.3 Å². The minimum atomic E-state index is -0.187. The Morgan fingerprint density at radius 3 is 3.14 bits per heavy atom. The maximum absolute atomic E-state index is 12.2. The summed E-state index contributed by atoms with van der Waals surface area (Å²) in [5.74, 6) is 0.470. The molecule has 3 rings (SSSR count). The smallest absolute Gasteiger partial charge is 0.263 e. The molecule has 0 unspecified atom stereocenters. The lowest BCUT2D eigenvalue weighted by Gasteiger charge is -2.31. The molecule has 1 aliphatic rings. The van der Waals surface area contributed by atoms with Crippen LogP contribution in [0.1, 0.15) is 25.7 Å². The van der Waals surface area contributed by atoms with Gasteiger partial charge in [-0.2, -0.15) is 10.1 Å². The summed E-state index contributed by atoms with van der Waals surface area (Å²) in [7, 11) is 1.73. The van der Waals surface area contributed by atoms with Gasteiger partial charge in [0.1, 0.15) is 5.39 Å². The summed E-state index contributed by atoms with van der Waals surface area (Å²) in [6.45, 7) is 4.21. The fourth-order valence-corrected chi connectivity index (χ4v) is 3.01. The number of allylic oxidation sites excluding steroid dienone is 1. The number of anilines is 1. The summed E-state index contributed by atoms with van der Waals surface area (Å²) >= 11 is 0. The zero-order valence-corrected chi connectivity index (χ0v) is 12.7. The average Bonchev–Trinajstić information content (AvgIpc) is 2.92. The molecule has 7 nitrogen and oxygen atoms in total. The zero-order valence-electron chi connectivity index (χ0n) is 12.7. The number of fused-ring (bicyclic) bond motifs is 1. The summed E-state index contributed by atoms with van der Waals surface area (Å²) in [6, 6.07) is 0.162. The van der Waals surface area contributed by atoms with E-state index in [1.54, 1.807) is 17.9 Å². The third-order valence-electron chi connectivity index (χ3n) is 4.14. The number of ether oxygens (including phenoxy) is 1. The lowest BCUT2D eigenvalue weighted by Crippen LogP contribution is -2.38. The third-order valence-corrected chi connectivity index (χ3v) is 4.14. The van der Waals surface area contributed by atoms with E-state index in [1.807, 2.05) is 0 Å². The molecular weight excluding hydrogens is 282 g/mol. The number of H-pyrrole nitrogens is 1. The second-order valence-electron chi connectivity index (χ2n) is 5.58. The van der Waals surface area contributed by atoms with Crippen molar-refractivity contribution in [2.45, 2.75) is 44.4 Å². The second kappa shape index (κ2) is 6.31. The lowest BCUT2D eigenvalue weighted by atomic mass is 9.92. The summed E-state index contributed by atoms with van der Waals surface area (Å²) in [5, 5.41) is 7.98. The number of nitrogens with one attached hydrogen (secondary N) is 2. The van der Waals surface area contributed by atoms with Crippen molar-refractivity contribution in [2.75, 3.05) is 12.4 Å². The van der Waals surface area contributed by atoms with E-state index in [-0.39, 0.29) is 17.7 Å². The van der Waals surface area contributed by atoms with Crippen LogP contribution in [0.3, 0.4) is 0 Å². The van der Waals surface area contributed by atoms with Crippen LogP contribution in [0, 0.1) is 0 Å². The normalized spacial score (nSPS) is 21.9. The van der Waals surface area contributed by atoms with E-state index < -0.39 is 0 Å². The molecule has 2 heterocycles. The molecule has 1 aliphatic carbocycles. The topological polar surface area (TPSA) is 84.8 Å². The molecule has 0 bridgehead atoms. The lowest BCUT2D eigenvalue weighted by molar-refractivity contribution is 0.0604. The van der Waals surface area contributed by atoms with E-state index in [4.69, 9.17) is 4.74 Å². The maximum atomic E-state index is 12.2. The minimum absolute atomic E-state index is 0.146. The number of methoxy groups -OCH3 is 1. The van der Waals surface area contributed by atoms with Crippen LogP contribution in [0.4, 0.5) is 5.95 Å². The van der Waals surface area contributed by atoms with Crippen LogP contribution in [0.15, 0.2) is 23.6 Å². The van der Waals surface area contributed by atoms with Gasteiger partial charge in [-0.15, -0.1) is 6.58 Å². The van der Waals surface area contributed by atoms with Crippen molar-refractivity contribution in [3.8, 4) is 0 Å². The van der Waals surface area contributed by atoms with Gasteiger partial charge in [-0.3, -0.25) is 9.78 Å². The molecule has 22 heavy (non-hydrogen) atoms. The number of aromatic nitrogens is 4. The average molecular weight is 303 g/mol. The highest BCUT2D eigenvalue weighted by atomic mass is 16.5. The molecule has 2 aromatic rings. The Bertz CT molecular complexity index is 720. The Morgan fingerprint density at radius 2 is 2.36 bits per heavy atom. The second-order valence-corrected chi connectivity index (χ2v) is 5.58. The first-order chi connectivity index (χ1) is 10.7. The number of aromatic amines is 1. The van der Waals surface area contributed by atoms with E-state index in [9.17, 15) is 4.79 Å². The Hall–Kier alpha value is -2.15. The molecule has 1 fully saturated rings. The zero-order chi connectivity index (χ0) is 15.5. The van der Waals surface area contributed by atoms with Crippen molar-refractivity contribution in [1.82, 2.24) is 19.7 Å². The molecule has 1 saturated carbocycles. The molecule has 0 amide bonds. The first kappa shape index (κ1) is 14.8. The minimum Gasteiger partial charge on any atom is -0.379 e. The van der Waals surface area contributed by atoms with Crippen LogP contribution in [0.2, 0.25) is 0 Å². The molecule has 0 aliphatic heterocycles. The highest BCUT2D eigenvalue weighted by molar-refractivity contribution is 5.74. The van der Waals surface area contributed by atoms with Gasteiger partial charge in [0.2, 0.25) is 5.95 Å². The van der Waals surface area contributed by atoms with Gasteiger partial charge in [0.25, 0.3) is 5.56 Å². The van der Waals surface area contributed by atoms with Gasteiger partial charge in [0.05, 0.1) is 24.9 Å². The van der Waals surface area contributed by atoms with Gasteiger partial charge in [0.15, 0.2) is 5.65 Å². The van der Waals surface area contributed by atoms with E-state index in [1.165, 1.54) is 12.6 Å². The number of rotatable bonds is 5. The summed E-state index contributed by atoms with van der Waals surface area (Å²) in [4.78, 5) is 19.5. The Morgan fingerprint density at radius 1 is 1.55 bits per heavy atom. The predicted molar refractivity (Wildman–Crippen MR) is 85.0 cm³/mol. The van der Waals surface area contributed by atoms with Gasteiger partial charge < -0.3 is 10.1 Å². The number of hydrogen-bond donors (Lipinski definition) is 2. The monoisotopic (exact) mass is 303 g/mol. The highest BCUT2D eigenvalue weighted by Gasteiger charge is 2.25. The van der Waals surface area contributed by atoms with Crippen LogP contribution >= 0.6 is 0 Å². The van der Waals surface area contributed by atoms with Gasteiger partial charge in [-0.1, -0.05) is 18.9 Å². The predicted octanol–water partition coefficient (Wildman–Crippen LogP) is 1.68. The van der Waals surface area contributed by atoms with Gasteiger partial charge in [-0.05, 0) is 12.8 Å². The molecule has 2 atom stereocenters. The number of hydrogen-bond acceptors (Lipinski definition) is 5. The van der Waals surface area contributed by atoms with Crippen molar-refractivity contribution < 1.29 is 4.74 Å². The van der Waals surface area contributed by atoms with Gasteiger partial charge >= 0.3 is 0 Å². The fourth-order valence-electron chi connectivity index (χ4n) is 3.01. The molecule has 7 heteroatoms. The van der Waals surface area contributed by atoms with Crippen LogP contribution in [0.25, 0.3) is 11.0 Å². The molecule has 0 saturated heterocycles. The fraction of sp³-hybridized carbons (Fsp3) is 0.533. The van der Waals surface area contributed by atoms with Crippen LogP contribution < -0.4 is 10.9 Å². The molecule has 0 radical (unpaired) electrons. The summed E-state index contributed by atoms with van der Waals surface area (Å²) in [6.07, 6.45) is 7.76. The van der Waals surface area contributed by atoms with Crippen LogP contribution in [-0.4, -0.2) is 39.0 Å². The quantitative estimate of drug-likeness (QED) is 0.821. The Kier molecular flexibility index (Phi) is 4.24. The number of nitrogens with zero attached hydrogens (tertiary/aromatic N) is 3. The first-order valence-corrected chi connectivity index (χ1v) is 7.59. The van der Waals surface area contributed by atoms with Crippen LogP contribution in [-0.2, 0) is 11.3 Å². The molecular formula is C15H21N5O2. The molecule has 0 spiro atoms. The SMILES string of the molecule is C=CCn1ncc2c(=O)[nH]c(N[C@@H]3CCCC[C@H]3OC)nc21.